The second-order valence-corrected chi connectivity index (χ2v) is 6.38. The summed E-state index contributed by atoms with van der Waals surface area (Å²) in [5.41, 5.74) is 0.418. The smallest absolute Gasteiger partial charge is 0.243 e. The lowest BCUT2D eigenvalue weighted by atomic mass is 10.3. The van der Waals surface area contributed by atoms with E-state index in [2.05, 4.69) is 4.99 Å². The highest BCUT2D eigenvalue weighted by molar-refractivity contribution is 14.1. The Hall–Kier alpha value is -0.340. The van der Waals surface area contributed by atoms with Gasteiger partial charge in [-0.2, -0.15) is 0 Å². The zero-order chi connectivity index (χ0) is 11.2. The SMILES string of the molecule is CN1C(Cl)=Nc2c(I)cccc2S1(=O)=O. The average Bonchev–Trinajstić information content (AvgIpc) is 2.17. The van der Waals surface area contributed by atoms with E-state index < -0.39 is 10.0 Å². The highest BCUT2D eigenvalue weighted by Gasteiger charge is 2.31. The van der Waals surface area contributed by atoms with Crippen LogP contribution >= 0.6 is 34.2 Å². The number of hydrogen-bond acceptors (Lipinski definition) is 3. The molecule has 1 heterocycles. The third-order valence-corrected chi connectivity index (χ3v) is 5.14. The number of para-hydroxylation sites is 1. The molecule has 0 unspecified atom stereocenters. The van der Waals surface area contributed by atoms with Gasteiger partial charge in [-0.25, -0.2) is 17.7 Å². The van der Waals surface area contributed by atoms with Gasteiger partial charge >= 0.3 is 0 Å². The van der Waals surface area contributed by atoms with Crippen molar-refractivity contribution in [2.24, 2.45) is 4.99 Å². The Labute approximate surface area is 106 Å². The monoisotopic (exact) mass is 356 g/mol. The van der Waals surface area contributed by atoms with Gasteiger partial charge in [0, 0.05) is 10.6 Å². The van der Waals surface area contributed by atoms with Gasteiger partial charge in [0.15, 0.2) is 0 Å². The second-order valence-electron chi connectivity index (χ2n) is 2.94. The first kappa shape index (κ1) is 11.2. The molecule has 0 aliphatic carbocycles. The minimum atomic E-state index is -3.53. The van der Waals surface area contributed by atoms with Crippen LogP contribution in [0.2, 0.25) is 0 Å². The maximum atomic E-state index is 11.9. The molecule has 80 valence electrons. The van der Waals surface area contributed by atoms with Crippen LogP contribution in [0.3, 0.4) is 0 Å². The molecular weight excluding hydrogens is 351 g/mol. The van der Waals surface area contributed by atoms with E-state index in [1.165, 1.54) is 13.1 Å². The summed E-state index contributed by atoms with van der Waals surface area (Å²) in [5, 5.41) is -0.0355. The highest BCUT2D eigenvalue weighted by Crippen LogP contribution is 2.35. The molecule has 15 heavy (non-hydrogen) atoms. The van der Waals surface area contributed by atoms with Gasteiger partial charge in [-0.15, -0.1) is 0 Å². The average molecular weight is 357 g/mol. The van der Waals surface area contributed by atoms with E-state index in [1.54, 1.807) is 12.1 Å². The number of fused-ring (bicyclic) bond motifs is 1. The van der Waals surface area contributed by atoms with E-state index >= 15 is 0 Å². The zero-order valence-electron chi connectivity index (χ0n) is 7.61. The summed E-state index contributed by atoms with van der Waals surface area (Å²) in [6.45, 7) is 0. The van der Waals surface area contributed by atoms with Crippen molar-refractivity contribution >= 4 is 55.2 Å². The first-order chi connectivity index (χ1) is 6.94. The molecule has 1 aromatic carbocycles. The second kappa shape index (κ2) is 3.60. The molecule has 0 spiro atoms. The number of nitrogens with zero attached hydrogens (tertiary/aromatic N) is 2. The van der Waals surface area contributed by atoms with E-state index in [-0.39, 0.29) is 10.2 Å². The maximum absolute atomic E-state index is 11.9. The van der Waals surface area contributed by atoms with Gasteiger partial charge in [0.1, 0.15) is 10.6 Å². The van der Waals surface area contributed by atoms with Crippen molar-refractivity contribution in [3.8, 4) is 0 Å². The Balaban J connectivity index is 2.84. The van der Waals surface area contributed by atoms with Crippen LogP contribution in [0.5, 0.6) is 0 Å². The van der Waals surface area contributed by atoms with Crippen molar-refractivity contribution < 1.29 is 8.42 Å². The fourth-order valence-corrected chi connectivity index (χ4v) is 3.57. The normalized spacial score (nSPS) is 18.3. The molecule has 4 nitrogen and oxygen atoms in total. The summed E-state index contributed by atoms with van der Waals surface area (Å²) < 4.78 is 25.6. The molecule has 1 aromatic rings. The van der Waals surface area contributed by atoms with Crippen LogP contribution in [-0.2, 0) is 10.0 Å². The lowest BCUT2D eigenvalue weighted by Crippen LogP contribution is -2.32. The Morgan fingerprint density at radius 1 is 1.47 bits per heavy atom. The number of rotatable bonds is 0. The van der Waals surface area contributed by atoms with Crippen LogP contribution in [0.4, 0.5) is 5.69 Å². The van der Waals surface area contributed by atoms with Crippen molar-refractivity contribution in [1.29, 1.82) is 0 Å². The number of sulfonamides is 1. The topological polar surface area (TPSA) is 49.7 Å². The number of halogens is 2. The third kappa shape index (κ3) is 1.64. The van der Waals surface area contributed by atoms with Crippen LogP contribution in [0.15, 0.2) is 28.1 Å². The molecule has 0 saturated heterocycles. The lowest BCUT2D eigenvalue weighted by molar-refractivity contribution is 0.552. The number of hydrogen-bond donors (Lipinski definition) is 0. The molecular formula is C8H6ClIN2O2S. The minimum absolute atomic E-state index is 0.0355. The van der Waals surface area contributed by atoms with Crippen LogP contribution in [-0.4, -0.2) is 25.1 Å². The molecule has 0 radical (unpaired) electrons. The van der Waals surface area contributed by atoms with Gasteiger partial charge in [0.2, 0.25) is 5.29 Å². The third-order valence-electron chi connectivity index (χ3n) is 2.05. The van der Waals surface area contributed by atoms with Crippen molar-refractivity contribution in [2.75, 3.05) is 7.05 Å². The molecule has 0 bridgehead atoms. The molecule has 7 heteroatoms. The Bertz CT molecular complexity index is 556. The van der Waals surface area contributed by atoms with Gasteiger partial charge in [-0.1, -0.05) is 6.07 Å². The summed E-state index contributed by atoms with van der Waals surface area (Å²) in [6.07, 6.45) is 0. The quantitative estimate of drug-likeness (QED) is 0.528. The molecule has 0 fully saturated rings. The molecule has 0 amide bonds. The van der Waals surface area contributed by atoms with Crippen molar-refractivity contribution in [1.82, 2.24) is 4.31 Å². The van der Waals surface area contributed by atoms with E-state index in [9.17, 15) is 8.42 Å². The van der Waals surface area contributed by atoms with E-state index in [0.717, 1.165) is 7.88 Å². The fraction of sp³-hybridized carbons (Fsp3) is 0.125. The summed E-state index contributed by atoms with van der Waals surface area (Å²) in [4.78, 5) is 4.24. The maximum Gasteiger partial charge on any atom is 0.268 e. The Morgan fingerprint density at radius 2 is 2.13 bits per heavy atom. The molecule has 2 rings (SSSR count). The summed E-state index contributed by atoms with van der Waals surface area (Å²) in [5.74, 6) is 0. The number of benzene rings is 1. The highest BCUT2D eigenvalue weighted by atomic mass is 127. The van der Waals surface area contributed by atoms with Crippen molar-refractivity contribution in [3.63, 3.8) is 0 Å². The van der Waals surface area contributed by atoms with E-state index in [0.29, 0.717) is 5.69 Å². The van der Waals surface area contributed by atoms with Crippen LogP contribution in [0, 0.1) is 3.57 Å². The van der Waals surface area contributed by atoms with Gasteiger partial charge in [0.25, 0.3) is 10.0 Å². The van der Waals surface area contributed by atoms with E-state index in [4.69, 9.17) is 11.6 Å². The van der Waals surface area contributed by atoms with Crippen LogP contribution < -0.4 is 0 Å². The van der Waals surface area contributed by atoms with Crippen molar-refractivity contribution in [3.05, 3.63) is 21.8 Å². The lowest BCUT2D eigenvalue weighted by Gasteiger charge is -2.23. The first-order valence-electron chi connectivity index (χ1n) is 3.96. The van der Waals surface area contributed by atoms with Gasteiger partial charge < -0.3 is 0 Å². The zero-order valence-corrected chi connectivity index (χ0v) is 11.3. The molecule has 0 saturated carbocycles. The standard InChI is InChI=1S/C8H6ClIN2O2S/c1-12-8(9)11-7-5(10)3-2-4-6(7)15(12,13)14/h2-4H,1H3. The summed E-state index contributed by atoms with van der Waals surface area (Å²) in [6, 6.07) is 4.99. The van der Waals surface area contributed by atoms with Crippen LogP contribution in [0.1, 0.15) is 0 Å². The largest absolute Gasteiger partial charge is 0.268 e. The molecule has 0 atom stereocenters. The predicted octanol–water partition coefficient (Wildman–Crippen LogP) is 2.15. The number of aliphatic imine (C=N–C) groups is 1. The predicted molar refractivity (Wildman–Crippen MR) is 67.1 cm³/mol. The fourth-order valence-electron chi connectivity index (χ4n) is 1.22. The molecule has 1 aliphatic rings. The van der Waals surface area contributed by atoms with Gasteiger partial charge in [-0.05, 0) is 46.3 Å². The number of amidine groups is 1. The molecule has 0 N–H and O–H groups in total. The van der Waals surface area contributed by atoms with Gasteiger partial charge in [-0.3, -0.25) is 0 Å². The molecule has 0 aromatic heterocycles. The Morgan fingerprint density at radius 3 is 2.80 bits per heavy atom. The summed E-state index contributed by atoms with van der Waals surface area (Å²) in [7, 11) is -2.15. The Kier molecular flexibility index (Phi) is 2.68. The van der Waals surface area contributed by atoms with E-state index in [1.807, 2.05) is 22.6 Å². The minimum Gasteiger partial charge on any atom is -0.243 e. The molecule has 1 aliphatic heterocycles. The van der Waals surface area contributed by atoms with Crippen LogP contribution in [0.25, 0.3) is 0 Å². The van der Waals surface area contributed by atoms with Gasteiger partial charge in [0.05, 0.1) is 0 Å². The first-order valence-corrected chi connectivity index (χ1v) is 6.86. The summed E-state index contributed by atoms with van der Waals surface area (Å²) >= 11 is 7.77. The van der Waals surface area contributed by atoms with Crippen molar-refractivity contribution in [2.45, 2.75) is 4.90 Å².